The second-order valence-corrected chi connectivity index (χ2v) is 6.27. The summed E-state index contributed by atoms with van der Waals surface area (Å²) in [6.07, 6.45) is 5.25. The number of benzene rings is 1. The van der Waals surface area contributed by atoms with Crippen molar-refractivity contribution in [1.29, 1.82) is 5.41 Å². The summed E-state index contributed by atoms with van der Waals surface area (Å²) in [6.45, 7) is 0. The van der Waals surface area contributed by atoms with Gasteiger partial charge in [-0.25, -0.2) is 0 Å². The average Bonchev–Trinajstić information content (AvgIpc) is 2.59. The Balaban J connectivity index is 2.05. The fourth-order valence-corrected chi connectivity index (χ4v) is 3.42. The molecule has 2 aromatic rings. The van der Waals surface area contributed by atoms with Crippen LogP contribution in [0.4, 0.5) is 0 Å². The summed E-state index contributed by atoms with van der Waals surface area (Å²) >= 11 is 0. The van der Waals surface area contributed by atoms with Gasteiger partial charge in [0.15, 0.2) is 0 Å². The number of aromatic hydroxyl groups is 1. The van der Waals surface area contributed by atoms with Gasteiger partial charge in [-0.3, -0.25) is 4.79 Å². The maximum absolute atomic E-state index is 12.7. The molecule has 120 valence electrons. The Morgan fingerprint density at radius 1 is 1.17 bits per heavy atom. The third kappa shape index (κ3) is 2.93. The minimum Gasteiger partial charge on any atom is -0.507 e. The first-order valence-corrected chi connectivity index (χ1v) is 8.17. The fraction of sp³-hybridized carbons (Fsp3) is 0.368. The SMILES string of the molecule is Cn1c(-c2ccccc2)cc(O)c(C(=N)C2CCCCC2)c1=O. The Labute approximate surface area is 135 Å². The molecule has 1 aliphatic carbocycles. The van der Waals surface area contributed by atoms with Gasteiger partial charge in [-0.15, -0.1) is 0 Å². The summed E-state index contributed by atoms with van der Waals surface area (Å²) < 4.78 is 1.53. The molecule has 1 fully saturated rings. The molecular weight excluding hydrogens is 288 g/mol. The van der Waals surface area contributed by atoms with Crippen molar-refractivity contribution in [1.82, 2.24) is 4.57 Å². The van der Waals surface area contributed by atoms with Crippen LogP contribution < -0.4 is 5.56 Å². The standard InChI is InChI=1S/C19H22N2O2/c1-21-15(13-8-4-2-5-9-13)12-16(22)17(19(21)23)18(20)14-10-6-3-7-11-14/h2,4-5,8-9,12,14,20,22H,3,6-7,10-11H2,1H3. The molecular formula is C19H22N2O2. The van der Waals surface area contributed by atoms with Crippen LogP contribution in [0.3, 0.4) is 0 Å². The predicted octanol–water partition coefficient (Wildman–Crippen LogP) is 3.71. The van der Waals surface area contributed by atoms with Crippen LogP contribution in [0.1, 0.15) is 37.7 Å². The summed E-state index contributed by atoms with van der Waals surface area (Å²) in [6, 6.07) is 11.1. The minimum atomic E-state index is -0.292. The van der Waals surface area contributed by atoms with E-state index in [1.165, 1.54) is 11.0 Å². The van der Waals surface area contributed by atoms with E-state index in [0.29, 0.717) is 11.4 Å². The molecule has 1 saturated carbocycles. The number of aromatic nitrogens is 1. The topological polar surface area (TPSA) is 66.1 Å². The monoisotopic (exact) mass is 310 g/mol. The number of nitrogens with one attached hydrogen (secondary N) is 1. The van der Waals surface area contributed by atoms with Gasteiger partial charge in [0, 0.05) is 19.0 Å². The lowest BCUT2D eigenvalue weighted by molar-refractivity contribution is 0.434. The number of hydrogen-bond donors (Lipinski definition) is 2. The van der Waals surface area contributed by atoms with Crippen molar-refractivity contribution < 1.29 is 5.11 Å². The molecule has 2 N–H and O–H groups in total. The highest BCUT2D eigenvalue weighted by molar-refractivity contribution is 6.02. The normalized spacial score (nSPS) is 15.5. The molecule has 0 amide bonds. The van der Waals surface area contributed by atoms with E-state index in [9.17, 15) is 9.90 Å². The molecule has 4 nitrogen and oxygen atoms in total. The second kappa shape index (κ2) is 6.41. The second-order valence-electron chi connectivity index (χ2n) is 6.27. The molecule has 0 unspecified atom stereocenters. The molecule has 0 aliphatic heterocycles. The first-order chi connectivity index (χ1) is 11.1. The van der Waals surface area contributed by atoms with E-state index in [1.54, 1.807) is 13.1 Å². The lowest BCUT2D eigenvalue weighted by atomic mass is 9.83. The van der Waals surface area contributed by atoms with Crippen LogP contribution in [0.25, 0.3) is 11.3 Å². The molecule has 1 aromatic heterocycles. The van der Waals surface area contributed by atoms with Crippen LogP contribution in [0.2, 0.25) is 0 Å². The van der Waals surface area contributed by atoms with E-state index < -0.39 is 0 Å². The maximum Gasteiger partial charge on any atom is 0.263 e. The number of hydrogen-bond acceptors (Lipinski definition) is 3. The summed E-state index contributed by atoms with van der Waals surface area (Å²) in [5, 5.41) is 18.8. The molecule has 0 bridgehead atoms. The van der Waals surface area contributed by atoms with Gasteiger partial charge >= 0.3 is 0 Å². The van der Waals surface area contributed by atoms with Gasteiger partial charge in [0.25, 0.3) is 5.56 Å². The Kier molecular flexibility index (Phi) is 4.33. The highest BCUT2D eigenvalue weighted by atomic mass is 16.3. The van der Waals surface area contributed by atoms with Crippen LogP contribution in [0, 0.1) is 11.3 Å². The van der Waals surface area contributed by atoms with E-state index >= 15 is 0 Å². The zero-order chi connectivity index (χ0) is 16.4. The first-order valence-electron chi connectivity index (χ1n) is 8.17. The number of nitrogens with zero attached hydrogens (tertiary/aromatic N) is 1. The van der Waals surface area contributed by atoms with Crippen LogP contribution in [0.5, 0.6) is 5.75 Å². The average molecular weight is 310 g/mol. The van der Waals surface area contributed by atoms with Crippen LogP contribution in [-0.2, 0) is 7.05 Å². The van der Waals surface area contributed by atoms with Gasteiger partial charge in [0.1, 0.15) is 11.3 Å². The Bertz CT molecular complexity index is 772. The molecule has 23 heavy (non-hydrogen) atoms. The van der Waals surface area contributed by atoms with Gasteiger partial charge in [-0.2, -0.15) is 0 Å². The molecule has 3 rings (SSSR count). The van der Waals surface area contributed by atoms with E-state index in [2.05, 4.69) is 0 Å². The quantitative estimate of drug-likeness (QED) is 0.849. The summed E-state index contributed by atoms with van der Waals surface area (Å²) in [5.41, 5.74) is 1.70. The molecule has 0 saturated heterocycles. The van der Waals surface area contributed by atoms with E-state index in [0.717, 1.165) is 31.2 Å². The smallest absolute Gasteiger partial charge is 0.263 e. The Hall–Kier alpha value is -2.36. The van der Waals surface area contributed by atoms with Gasteiger partial charge in [-0.1, -0.05) is 49.6 Å². The lowest BCUT2D eigenvalue weighted by Crippen LogP contribution is -2.29. The predicted molar refractivity (Wildman–Crippen MR) is 92.2 cm³/mol. The van der Waals surface area contributed by atoms with Crippen molar-refractivity contribution in [3.05, 3.63) is 52.3 Å². The van der Waals surface area contributed by atoms with Crippen molar-refractivity contribution in [2.24, 2.45) is 13.0 Å². The van der Waals surface area contributed by atoms with Gasteiger partial charge in [0.2, 0.25) is 0 Å². The molecule has 4 heteroatoms. The van der Waals surface area contributed by atoms with Crippen molar-refractivity contribution >= 4 is 5.71 Å². The fourth-order valence-electron chi connectivity index (χ4n) is 3.42. The Morgan fingerprint density at radius 3 is 2.48 bits per heavy atom. The van der Waals surface area contributed by atoms with E-state index in [1.807, 2.05) is 30.3 Å². The van der Waals surface area contributed by atoms with Crippen LogP contribution in [0.15, 0.2) is 41.2 Å². The van der Waals surface area contributed by atoms with Crippen LogP contribution in [-0.4, -0.2) is 15.4 Å². The van der Waals surface area contributed by atoms with E-state index in [4.69, 9.17) is 5.41 Å². The maximum atomic E-state index is 12.7. The highest BCUT2D eigenvalue weighted by Crippen LogP contribution is 2.30. The molecule has 0 radical (unpaired) electrons. The Morgan fingerprint density at radius 2 is 1.83 bits per heavy atom. The van der Waals surface area contributed by atoms with E-state index in [-0.39, 0.29) is 22.8 Å². The van der Waals surface area contributed by atoms with Crippen molar-refractivity contribution in [3.8, 4) is 17.0 Å². The zero-order valence-corrected chi connectivity index (χ0v) is 13.4. The van der Waals surface area contributed by atoms with Crippen molar-refractivity contribution in [2.75, 3.05) is 0 Å². The molecule has 1 heterocycles. The number of rotatable bonds is 3. The third-order valence-corrected chi connectivity index (χ3v) is 4.76. The van der Waals surface area contributed by atoms with Crippen LogP contribution >= 0.6 is 0 Å². The van der Waals surface area contributed by atoms with Gasteiger partial charge < -0.3 is 15.1 Å². The molecule has 0 spiro atoms. The minimum absolute atomic E-state index is 0.0810. The highest BCUT2D eigenvalue weighted by Gasteiger charge is 2.25. The molecule has 1 aliphatic rings. The third-order valence-electron chi connectivity index (χ3n) is 4.76. The lowest BCUT2D eigenvalue weighted by Gasteiger charge is -2.23. The summed E-state index contributed by atoms with van der Waals surface area (Å²) in [4.78, 5) is 12.7. The summed E-state index contributed by atoms with van der Waals surface area (Å²) in [5.74, 6) is 0.00690. The first kappa shape index (κ1) is 15.5. The van der Waals surface area contributed by atoms with Crippen molar-refractivity contribution in [2.45, 2.75) is 32.1 Å². The largest absolute Gasteiger partial charge is 0.507 e. The number of pyridine rings is 1. The molecule has 1 aromatic carbocycles. The zero-order valence-electron chi connectivity index (χ0n) is 13.4. The van der Waals surface area contributed by atoms with Crippen molar-refractivity contribution in [3.63, 3.8) is 0 Å². The van der Waals surface area contributed by atoms with Gasteiger partial charge in [-0.05, 0) is 18.4 Å². The summed E-state index contributed by atoms with van der Waals surface area (Å²) in [7, 11) is 1.70. The van der Waals surface area contributed by atoms with Gasteiger partial charge in [0.05, 0.1) is 11.4 Å². The molecule has 0 atom stereocenters.